The number of rotatable bonds is 2. The van der Waals surface area contributed by atoms with E-state index in [9.17, 15) is 0 Å². The van der Waals surface area contributed by atoms with Crippen LogP contribution in [0.25, 0.3) is 16.9 Å². The molecule has 0 saturated heterocycles. The zero-order valence-electron chi connectivity index (χ0n) is 9.87. The number of hydrogen-bond donors (Lipinski definition) is 1. The highest BCUT2D eigenvalue weighted by Crippen LogP contribution is 2.22. The Labute approximate surface area is 104 Å². The Hall–Kier alpha value is -2.56. The number of methoxy groups -OCH3 is 1. The maximum absolute atomic E-state index is 5.94. The lowest BCUT2D eigenvalue weighted by atomic mass is 10.3. The van der Waals surface area contributed by atoms with Gasteiger partial charge in [-0.2, -0.15) is 0 Å². The molecule has 90 valence electrons. The number of nitrogens with zero attached hydrogens (tertiary/aromatic N) is 3. The van der Waals surface area contributed by atoms with Gasteiger partial charge in [0.2, 0.25) is 5.95 Å². The molecule has 0 spiro atoms. The van der Waals surface area contributed by atoms with Crippen molar-refractivity contribution >= 4 is 17.1 Å². The molecule has 0 aliphatic carbocycles. The molecule has 0 radical (unpaired) electrons. The molecule has 0 saturated carbocycles. The standard InChI is InChI=1S/C13H12N4O/c1-18-10-6-4-9(5-7-10)17-12-11(16-13(17)14)3-2-8-15-12/h2-8H,1H3,(H2,14,16). The van der Waals surface area contributed by atoms with Crippen molar-refractivity contribution in [3.63, 3.8) is 0 Å². The molecule has 3 aromatic rings. The lowest BCUT2D eigenvalue weighted by Crippen LogP contribution is -2.01. The van der Waals surface area contributed by atoms with E-state index in [0.29, 0.717) is 5.95 Å². The second kappa shape index (κ2) is 4.03. The molecule has 1 aromatic carbocycles. The average molecular weight is 240 g/mol. The predicted molar refractivity (Wildman–Crippen MR) is 69.8 cm³/mol. The van der Waals surface area contributed by atoms with E-state index in [0.717, 1.165) is 22.6 Å². The van der Waals surface area contributed by atoms with Gasteiger partial charge in [-0.1, -0.05) is 0 Å². The van der Waals surface area contributed by atoms with Crippen LogP contribution in [0.2, 0.25) is 0 Å². The first-order valence-corrected chi connectivity index (χ1v) is 5.53. The first-order valence-electron chi connectivity index (χ1n) is 5.53. The molecule has 0 fully saturated rings. The summed E-state index contributed by atoms with van der Waals surface area (Å²) in [7, 11) is 1.64. The Bertz CT molecular complexity index is 688. The lowest BCUT2D eigenvalue weighted by molar-refractivity contribution is 0.415. The van der Waals surface area contributed by atoms with Crippen LogP contribution in [0.1, 0.15) is 0 Å². The van der Waals surface area contributed by atoms with Gasteiger partial charge >= 0.3 is 0 Å². The van der Waals surface area contributed by atoms with Crippen LogP contribution in [-0.2, 0) is 0 Å². The number of imidazole rings is 1. The van der Waals surface area contributed by atoms with Crippen LogP contribution >= 0.6 is 0 Å². The second-order valence-corrected chi connectivity index (χ2v) is 3.85. The van der Waals surface area contributed by atoms with E-state index in [-0.39, 0.29) is 0 Å². The number of hydrogen-bond acceptors (Lipinski definition) is 4. The maximum atomic E-state index is 5.94. The van der Waals surface area contributed by atoms with Crippen molar-refractivity contribution in [1.82, 2.24) is 14.5 Å². The molecule has 2 N–H and O–H groups in total. The van der Waals surface area contributed by atoms with E-state index in [1.54, 1.807) is 13.3 Å². The number of nitrogens with two attached hydrogens (primary N) is 1. The Morgan fingerprint density at radius 1 is 1.17 bits per heavy atom. The monoisotopic (exact) mass is 240 g/mol. The summed E-state index contributed by atoms with van der Waals surface area (Å²) < 4.78 is 6.95. The quantitative estimate of drug-likeness (QED) is 0.744. The lowest BCUT2D eigenvalue weighted by Gasteiger charge is -2.06. The zero-order valence-corrected chi connectivity index (χ0v) is 9.87. The fraction of sp³-hybridized carbons (Fsp3) is 0.0769. The van der Waals surface area contributed by atoms with Gasteiger partial charge in [0.25, 0.3) is 0 Å². The van der Waals surface area contributed by atoms with Gasteiger partial charge in [-0.15, -0.1) is 0 Å². The minimum atomic E-state index is 0.425. The topological polar surface area (TPSA) is 66.0 Å². The molecular formula is C13H12N4O. The summed E-state index contributed by atoms with van der Waals surface area (Å²) in [5.74, 6) is 1.23. The molecule has 5 heteroatoms. The van der Waals surface area contributed by atoms with Crippen molar-refractivity contribution in [2.24, 2.45) is 0 Å². The molecule has 0 aliphatic rings. The fourth-order valence-electron chi connectivity index (χ4n) is 1.92. The molecule has 0 atom stereocenters. The number of nitrogen functional groups attached to an aromatic ring is 1. The van der Waals surface area contributed by atoms with Crippen LogP contribution in [0, 0.1) is 0 Å². The highest BCUT2D eigenvalue weighted by Gasteiger charge is 2.10. The van der Waals surface area contributed by atoms with Crippen molar-refractivity contribution in [2.45, 2.75) is 0 Å². The summed E-state index contributed by atoms with van der Waals surface area (Å²) in [6, 6.07) is 11.3. The molecular weight excluding hydrogens is 228 g/mol. The van der Waals surface area contributed by atoms with Gasteiger partial charge in [-0.05, 0) is 36.4 Å². The van der Waals surface area contributed by atoms with E-state index < -0.39 is 0 Å². The molecule has 2 aromatic heterocycles. The molecule has 0 aliphatic heterocycles. The van der Waals surface area contributed by atoms with Crippen LogP contribution in [-0.4, -0.2) is 21.6 Å². The molecule has 18 heavy (non-hydrogen) atoms. The summed E-state index contributed by atoms with van der Waals surface area (Å²) in [4.78, 5) is 8.59. The average Bonchev–Trinajstić information content (AvgIpc) is 2.75. The summed E-state index contributed by atoms with van der Waals surface area (Å²) in [6.07, 6.45) is 1.73. The van der Waals surface area contributed by atoms with Crippen LogP contribution < -0.4 is 10.5 Å². The minimum Gasteiger partial charge on any atom is -0.497 e. The molecule has 0 amide bonds. The third-order valence-corrected chi connectivity index (χ3v) is 2.77. The summed E-state index contributed by atoms with van der Waals surface area (Å²) in [5.41, 5.74) is 8.38. The normalized spacial score (nSPS) is 10.7. The number of benzene rings is 1. The van der Waals surface area contributed by atoms with Gasteiger partial charge < -0.3 is 10.5 Å². The largest absolute Gasteiger partial charge is 0.497 e. The SMILES string of the molecule is COc1ccc(-n2c(N)nc3cccnc32)cc1. The van der Waals surface area contributed by atoms with Crippen molar-refractivity contribution < 1.29 is 4.74 Å². The highest BCUT2D eigenvalue weighted by atomic mass is 16.5. The number of aromatic nitrogens is 3. The zero-order chi connectivity index (χ0) is 12.5. The van der Waals surface area contributed by atoms with Gasteiger partial charge in [0, 0.05) is 6.20 Å². The fourth-order valence-corrected chi connectivity index (χ4v) is 1.92. The van der Waals surface area contributed by atoms with Crippen LogP contribution in [0.15, 0.2) is 42.6 Å². The molecule has 0 unspecified atom stereocenters. The number of anilines is 1. The van der Waals surface area contributed by atoms with E-state index in [1.807, 2.05) is 41.0 Å². The molecule has 0 bridgehead atoms. The van der Waals surface area contributed by atoms with Crippen molar-refractivity contribution in [1.29, 1.82) is 0 Å². The van der Waals surface area contributed by atoms with Crippen LogP contribution in [0.3, 0.4) is 0 Å². The van der Waals surface area contributed by atoms with E-state index >= 15 is 0 Å². The van der Waals surface area contributed by atoms with Gasteiger partial charge in [-0.25, -0.2) is 9.97 Å². The third kappa shape index (κ3) is 1.57. The van der Waals surface area contributed by atoms with E-state index in [4.69, 9.17) is 10.5 Å². The molecule has 2 heterocycles. The Balaban J connectivity index is 2.20. The van der Waals surface area contributed by atoms with Crippen LogP contribution in [0.4, 0.5) is 5.95 Å². The van der Waals surface area contributed by atoms with Crippen molar-refractivity contribution in [3.05, 3.63) is 42.6 Å². The van der Waals surface area contributed by atoms with Crippen LogP contribution in [0.5, 0.6) is 5.75 Å². The Morgan fingerprint density at radius 3 is 2.67 bits per heavy atom. The summed E-state index contributed by atoms with van der Waals surface area (Å²) in [5, 5.41) is 0. The number of ether oxygens (including phenoxy) is 1. The van der Waals surface area contributed by atoms with E-state index in [2.05, 4.69) is 9.97 Å². The summed E-state index contributed by atoms with van der Waals surface area (Å²) >= 11 is 0. The Morgan fingerprint density at radius 2 is 1.94 bits per heavy atom. The molecule has 5 nitrogen and oxygen atoms in total. The van der Waals surface area contributed by atoms with Gasteiger partial charge in [0.15, 0.2) is 5.65 Å². The second-order valence-electron chi connectivity index (χ2n) is 3.85. The first kappa shape index (κ1) is 10.6. The third-order valence-electron chi connectivity index (χ3n) is 2.77. The number of pyridine rings is 1. The van der Waals surface area contributed by atoms with Crippen molar-refractivity contribution in [3.8, 4) is 11.4 Å². The van der Waals surface area contributed by atoms with Crippen molar-refractivity contribution in [2.75, 3.05) is 12.8 Å². The first-order chi connectivity index (χ1) is 8.79. The molecule has 3 rings (SSSR count). The maximum Gasteiger partial charge on any atom is 0.207 e. The smallest absolute Gasteiger partial charge is 0.207 e. The number of fused-ring (bicyclic) bond motifs is 1. The van der Waals surface area contributed by atoms with E-state index in [1.165, 1.54) is 0 Å². The Kier molecular flexibility index (Phi) is 2.37. The van der Waals surface area contributed by atoms with Gasteiger partial charge in [-0.3, -0.25) is 4.57 Å². The highest BCUT2D eigenvalue weighted by molar-refractivity contribution is 5.76. The summed E-state index contributed by atoms with van der Waals surface area (Å²) in [6.45, 7) is 0. The van der Waals surface area contributed by atoms with Gasteiger partial charge in [0.05, 0.1) is 12.8 Å². The minimum absolute atomic E-state index is 0.425. The predicted octanol–water partition coefficient (Wildman–Crippen LogP) is 2.01. The van der Waals surface area contributed by atoms with Gasteiger partial charge in [0.1, 0.15) is 11.3 Å².